The molecule has 4 atom stereocenters. The van der Waals surface area contributed by atoms with Crippen LogP contribution in [0.5, 0.6) is 0 Å². The van der Waals surface area contributed by atoms with Gasteiger partial charge >= 0.3 is 5.69 Å². The summed E-state index contributed by atoms with van der Waals surface area (Å²) in [5.74, 6) is 0. The van der Waals surface area contributed by atoms with Crippen molar-refractivity contribution in [2.75, 3.05) is 6.61 Å². The van der Waals surface area contributed by atoms with Gasteiger partial charge in [0, 0.05) is 12.3 Å². The lowest BCUT2D eigenvalue weighted by atomic mass is 10.1. The van der Waals surface area contributed by atoms with Gasteiger partial charge in [0.15, 0.2) is 29.0 Å². The van der Waals surface area contributed by atoms with Crippen LogP contribution in [-0.2, 0) is 13.6 Å². The zero-order chi connectivity index (χ0) is 24.0. The molecule has 7 nitrogen and oxygen atoms in total. The third-order valence-electron chi connectivity index (χ3n) is 7.04. The molecule has 1 fully saturated rings. The van der Waals surface area contributed by atoms with Gasteiger partial charge < -0.3 is 13.6 Å². The van der Waals surface area contributed by atoms with Crippen LogP contribution in [0.3, 0.4) is 0 Å². The van der Waals surface area contributed by atoms with Crippen molar-refractivity contribution in [3.05, 3.63) is 33.1 Å². The van der Waals surface area contributed by atoms with E-state index < -0.39 is 52.5 Å². The Balaban J connectivity index is 2.37. The van der Waals surface area contributed by atoms with Crippen molar-refractivity contribution in [2.24, 2.45) is 0 Å². The summed E-state index contributed by atoms with van der Waals surface area (Å²) in [4.78, 5) is 25.9. The molecule has 31 heavy (non-hydrogen) atoms. The summed E-state index contributed by atoms with van der Waals surface area (Å²) < 4.78 is 35.6. The number of alkyl halides is 1. The van der Waals surface area contributed by atoms with Crippen LogP contribution >= 0.6 is 0 Å². The quantitative estimate of drug-likeness (QED) is 0.625. The Morgan fingerprint density at radius 3 is 2.10 bits per heavy atom. The Kier molecular flexibility index (Phi) is 7.34. The van der Waals surface area contributed by atoms with Crippen molar-refractivity contribution in [2.45, 2.75) is 102 Å². The first-order chi connectivity index (χ1) is 13.9. The predicted octanol–water partition coefficient (Wildman–Crippen LogP) is 4.18. The molecular weight excluding hydrogens is 435 g/mol. The maximum Gasteiger partial charge on any atom is 0.330 e. The van der Waals surface area contributed by atoms with Crippen LogP contribution in [0.4, 0.5) is 4.39 Å². The highest BCUT2D eigenvalue weighted by Gasteiger charge is 2.52. The summed E-state index contributed by atoms with van der Waals surface area (Å²) in [6.07, 6.45) is -3.03. The van der Waals surface area contributed by atoms with Gasteiger partial charge in [-0.2, -0.15) is 0 Å². The zero-order valence-corrected chi connectivity index (χ0v) is 22.5. The first-order valence-electron chi connectivity index (χ1n) is 10.8. The molecule has 1 N–H and O–H groups in total. The zero-order valence-electron chi connectivity index (χ0n) is 20.5. The van der Waals surface area contributed by atoms with Crippen molar-refractivity contribution >= 4 is 16.6 Å². The fourth-order valence-electron chi connectivity index (χ4n) is 2.84. The Morgan fingerprint density at radius 2 is 1.61 bits per heavy atom. The lowest BCUT2D eigenvalue weighted by molar-refractivity contribution is -0.0455. The van der Waals surface area contributed by atoms with E-state index in [1.807, 2.05) is 0 Å². The minimum Gasteiger partial charge on any atom is -0.414 e. The van der Waals surface area contributed by atoms with Gasteiger partial charge in [-0.15, -0.1) is 0 Å². The second-order valence-electron chi connectivity index (χ2n) is 11.4. The Hall–Kier alpha value is -1.08. The molecule has 1 saturated heterocycles. The summed E-state index contributed by atoms with van der Waals surface area (Å²) in [5.41, 5.74) is -1.25. The van der Waals surface area contributed by atoms with Gasteiger partial charge in [0.05, 0.1) is 6.61 Å². The van der Waals surface area contributed by atoms with Gasteiger partial charge in [-0.05, 0) is 36.3 Å². The summed E-state index contributed by atoms with van der Waals surface area (Å²) >= 11 is 0. The number of hydrogen-bond acceptors (Lipinski definition) is 5. The largest absolute Gasteiger partial charge is 0.414 e. The maximum atomic E-state index is 15.7. The molecule has 1 aliphatic heterocycles. The Labute approximate surface area is 186 Å². The van der Waals surface area contributed by atoms with E-state index >= 15 is 4.39 Å². The van der Waals surface area contributed by atoms with Crippen LogP contribution in [0.25, 0.3) is 0 Å². The van der Waals surface area contributed by atoms with Gasteiger partial charge in [-0.1, -0.05) is 41.5 Å². The molecule has 1 unspecified atom stereocenters. The lowest BCUT2D eigenvalue weighted by Crippen LogP contribution is -2.50. The number of nitrogens with zero attached hydrogens (tertiary/aromatic N) is 1. The molecule has 1 aromatic heterocycles. The number of aromatic amines is 1. The highest BCUT2D eigenvalue weighted by atomic mass is 28.4. The molecule has 0 aliphatic carbocycles. The van der Waals surface area contributed by atoms with Crippen LogP contribution in [-0.4, -0.2) is 51.2 Å². The average molecular weight is 475 g/mol. The van der Waals surface area contributed by atoms with Crippen molar-refractivity contribution in [1.82, 2.24) is 9.55 Å². The third kappa shape index (κ3) is 5.65. The van der Waals surface area contributed by atoms with E-state index in [4.69, 9.17) is 13.6 Å². The van der Waals surface area contributed by atoms with E-state index in [-0.39, 0.29) is 16.7 Å². The highest BCUT2D eigenvalue weighted by molar-refractivity contribution is 6.74. The van der Waals surface area contributed by atoms with E-state index in [0.29, 0.717) is 0 Å². The molecule has 1 aliphatic rings. The smallest absolute Gasteiger partial charge is 0.330 e. The number of aromatic nitrogens is 2. The van der Waals surface area contributed by atoms with Gasteiger partial charge in [0.25, 0.3) is 5.56 Å². The molecule has 10 heteroatoms. The minimum atomic E-state index is -2.33. The highest BCUT2D eigenvalue weighted by Crippen LogP contribution is 2.43. The van der Waals surface area contributed by atoms with E-state index in [1.165, 1.54) is 12.3 Å². The summed E-state index contributed by atoms with van der Waals surface area (Å²) in [5, 5.41) is -0.129. The molecule has 0 aromatic carbocycles. The topological polar surface area (TPSA) is 82.5 Å². The van der Waals surface area contributed by atoms with Crippen LogP contribution in [0, 0.1) is 0 Å². The van der Waals surface area contributed by atoms with E-state index in [0.717, 1.165) is 4.57 Å². The van der Waals surface area contributed by atoms with Crippen molar-refractivity contribution in [3.8, 4) is 0 Å². The van der Waals surface area contributed by atoms with Gasteiger partial charge in [-0.25, -0.2) is 9.18 Å². The molecule has 0 spiro atoms. The predicted molar refractivity (Wildman–Crippen MR) is 125 cm³/mol. The van der Waals surface area contributed by atoms with Gasteiger partial charge in [0.2, 0.25) is 0 Å². The number of halogens is 1. The standard InChI is InChI=1S/C21H39FN2O5Si2/c1-20(2,3)30(7,8)27-13-14-17(29-31(9,10)21(4,5)6)16(22)18(28-14)24-12-11-15(25)23-19(24)26/h11-12,14,16-18H,13H2,1-10H3,(H,23,25,26)/t14-,16?,17+,18-/m1/s1. The van der Waals surface area contributed by atoms with E-state index in [9.17, 15) is 9.59 Å². The number of rotatable bonds is 6. The van der Waals surface area contributed by atoms with E-state index in [1.54, 1.807) is 0 Å². The monoisotopic (exact) mass is 474 g/mol. The molecule has 2 rings (SSSR count). The first-order valence-corrected chi connectivity index (χ1v) is 16.6. The summed E-state index contributed by atoms with van der Waals surface area (Å²) in [6, 6.07) is 1.18. The molecule has 178 valence electrons. The first kappa shape index (κ1) is 26.2. The van der Waals surface area contributed by atoms with Crippen LogP contribution in [0.1, 0.15) is 47.8 Å². The number of nitrogens with one attached hydrogen (secondary N) is 1. The third-order valence-corrected chi connectivity index (χ3v) is 16.0. The SMILES string of the molecule is CC(C)(C)[Si](C)(C)OC[C@H]1O[C@@H](n2ccc(=O)[nH]c2=O)C(F)[C@H]1O[Si](C)(C)C(C)(C)C. The lowest BCUT2D eigenvalue weighted by Gasteiger charge is -2.40. The molecule has 0 saturated carbocycles. The Morgan fingerprint density at radius 1 is 1.06 bits per heavy atom. The fraction of sp³-hybridized carbons (Fsp3) is 0.810. The summed E-state index contributed by atoms with van der Waals surface area (Å²) in [7, 11) is -4.43. The van der Waals surface area contributed by atoms with E-state index in [2.05, 4.69) is 72.7 Å². The molecule has 0 amide bonds. The average Bonchev–Trinajstić information content (AvgIpc) is 2.87. The Bertz CT molecular complexity index is 885. The van der Waals surface area contributed by atoms with Gasteiger partial charge in [0.1, 0.15) is 12.2 Å². The second kappa shape index (κ2) is 8.70. The molecule has 0 radical (unpaired) electrons. The second-order valence-corrected chi connectivity index (χ2v) is 21.0. The minimum absolute atomic E-state index is 0.00817. The van der Waals surface area contributed by atoms with Gasteiger partial charge in [-0.3, -0.25) is 14.3 Å². The van der Waals surface area contributed by atoms with Crippen molar-refractivity contribution in [1.29, 1.82) is 0 Å². The van der Waals surface area contributed by atoms with Crippen LogP contribution in [0.15, 0.2) is 21.9 Å². The molecule has 2 heterocycles. The number of ether oxygens (including phenoxy) is 1. The molecule has 0 bridgehead atoms. The van der Waals surface area contributed by atoms with Crippen molar-refractivity contribution in [3.63, 3.8) is 0 Å². The normalized spacial score (nSPS) is 25.8. The number of H-pyrrole nitrogens is 1. The molecule has 1 aromatic rings. The number of hydrogen-bond donors (Lipinski definition) is 1. The maximum absolute atomic E-state index is 15.7. The van der Waals surface area contributed by atoms with Crippen molar-refractivity contribution < 1.29 is 18.0 Å². The van der Waals surface area contributed by atoms with Crippen LogP contribution in [0.2, 0.25) is 36.3 Å². The molecular formula is C21H39FN2O5Si2. The summed E-state index contributed by atoms with van der Waals surface area (Å²) in [6.45, 7) is 21.2. The fourth-order valence-corrected chi connectivity index (χ4v) is 5.17. The van der Waals surface area contributed by atoms with Crippen LogP contribution < -0.4 is 11.2 Å².